The molecule has 2 aromatic rings. The molecule has 1 N–H and O–H groups in total. The van der Waals surface area contributed by atoms with Gasteiger partial charge < -0.3 is 4.90 Å². The van der Waals surface area contributed by atoms with Crippen molar-refractivity contribution in [2.24, 2.45) is 0 Å². The Morgan fingerprint density at radius 3 is 2.44 bits per heavy atom. The number of nitrogens with zero attached hydrogens (tertiary/aromatic N) is 2. The van der Waals surface area contributed by atoms with Gasteiger partial charge in [0.2, 0.25) is 0 Å². The van der Waals surface area contributed by atoms with Crippen LogP contribution in [0.4, 0.5) is 11.4 Å². The van der Waals surface area contributed by atoms with Gasteiger partial charge in [-0.15, -0.1) is 0 Å². The molecule has 1 saturated heterocycles. The number of carbonyl (C=O) groups excluding carboxylic acids is 2. The highest BCUT2D eigenvalue weighted by Crippen LogP contribution is 2.43. The molecular formula is C26H29N3O2S. The Balaban J connectivity index is 1.77. The largest absolute Gasteiger partial charge is 0.369 e. The first kappa shape index (κ1) is 22.2. The zero-order valence-electron chi connectivity index (χ0n) is 19.4. The molecule has 1 atom stereocenters. The molecule has 0 spiro atoms. The van der Waals surface area contributed by atoms with E-state index in [0.29, 0.717) is 11.6 Å². The van der Waals surface area contributed by atoms with Gasteiger partial charge in [-0.1, -0.05) is 24.6 Å². The maximum atomic E-state index is 13.3. The van der Waals surface area contributed by atoms with Crippen LogP contribution in [0.15, 0.2) is 42.0 Å². The van der Waals surface area contributed by atoms with Crippen molar-refractivity contribution >= 4 is 46.6 Å². The molecular weight excluding hydrogens is 418 g/mol. The van der Waals surface area contributed by atoms with Gasteiger partial charge in [0, 0.05) is 18.3 Å². The van der Waals surface area contributed by atoms with Crippen LogP contribution >= 0.6 is 12.2 Å². The van der Waals surface area contributed by atoms with Crippen molar-refractivity contribution < 1.29 is 9.59 Å². The number of nitrogens with one attached hydrogen (secondary N) is 1. The molecule has 0 aromatic heterocycles. The molecule has 2 amide bonds. The first-order valence-electron chi connectivity index (χ1n) is 10.9. The Kier molecular flexibility index (Phi) is 5.45. The molecule has 2 aliphatic rings. The number of fused-ring (bicyclic) bond motifs is 1. The molecule has 1 fully saturated rings. The van der Waals surface area contributed by atoms with E-state index in [4.69, 9.17) is 12.2 Å². The van der Waals surface area contributed by atoms with Crippen molar-refractivity contribution in [3.8, 4) is 0 Å². The average Bonchev–Trinajstić information content (AvgIpc) is 2.71. The van der Waals surface area contributed by atoms with E-state index in [0.717, 1.165) is 23.1 Å². The van der Waals surface area contributed by atoms with E-state index < -0.39 is 11.8 Å². The maximum Gasteiger partial charge on any atom is 0.270 e. The van der Waals surface area contributed by atoms with E-state index in [9.17, 15) is 9.59 Å². The van der Waals surface area contributed by atoms with E-state index in [-0.39, 0.29) is 16.2 Å². The normalized spacial score (nSPS) is 21.6. The molecule has 2 heterocycles. The molecule has 2 aromatic carbocycles. The fraction of sp³-hybridized carbons (Fsp3) is 0.346. The number of aryl methyl sites for hydroxylation is 2. The van der Waals surface area contributed by atoms with Crippen LogP contribution in [0.1, 0.15) is 55.4 Å². The fourth-order valence-electron chi connectivity index (χ4n) is 4.63. The second kappa shape index (κ2) is 7.85. The second-order valence-electron chi connectivity index (χ2n) is 9.54. The summed E-state index contributed by atoms with van der Waals surface area (Å²) >= 11 is 5.31. The van der Waals surface area contributed by atoms with Gasteiger partial charge in [0.05, 0.1) is 5.69 Å². The van der Waals surface area contributed by atoms with Crippen molar-refractivity contribution in [3.05, 3.63) is 64.2 Å². The van der Waals surface area contributed by atoms with E-state index in [2.05, 4.69) is 50.2 Å². The van der Waals surface area contributed by atoms with Gasteiger partial charge in [-0.05, 0) is 99.3 Å². The molecule has 0 bridgehead atoms. The van der Waals surface area contributed by atoms with Gasteiger partial charge in [-0.3, -0.25) is 19.8 Å². The van der Waals surface area contributed by atoms with Gasteiger partial charge in [-0.25, -0.2) is 0 Å². The van der Waals surface area contributed by atoms with Crippen LogP contribution in [0.3, 0.4) is 0 Å². The molecule has 6 heteroatoms. The highest BCUT2D eigenvalue weighted by atomic mass is 32.1. The highest BCUT2D eigenvalue weighted by molar-refractivity contribution is 7.80. The van der Waals surface area contributed by atoms with Gasteiger partial charge >= 0.3 is 0 Å². The predicted molar refractivity (Wildman–Crippen MR) is 134 cm³/mol. The SMILES string of the molecule is Cc1ccc(N2C(=O)/C(=C/c3cc4c(cc3C)N(C)C(C)(C)CC4C)C(=O)NC2=S)cc1. The van der Waals surface area contributed by atoms with E-state index in [1.165, 1.54) is 16.2 Å². The summed E-state index contributed by atoms with van der Waals surface area (Å²) in [6.45, 7) is 10.7. The van der Waals surface area contributed by atoms with Crippen LogP contribution in [-0.2, 0) is 9.59 Å². The molecule has 0 saturated carbocycles. The summed E-state index contributed by atoms with van der Waals surface area (Å²) in [4.78, 5) is 29.8. The standard InChI is InChI=1S/C26H29N3O2S/c1-15-7-9-19(10-8-15)29-24(31)21(23(30)27-25(29)32)13-18-12-20-17(3)14-26(4,5)28(6)22(20)11-16(18)2/h7-13,17H,14H2,1-6H3,(H,27,30,32)/b21-13+. The summed E-state index contributed by atoms with van der Waals surface area (Å²) in [7, 11) is 2.13. The minimum atomic E-state index is -0.466. The first-order chi connectivity index (χ1) is 15.0. The van der Waals surface area contributed by atoms with Crippen molar-refractivity contribution in [1.29, 1.82) is 0 Å². The lowest BCUT2D eigenvalue weighted by Gasteiger charge is -2.45. The number of carbonyl (C=O) groups is 2. The predicted octanol–water partition coefficient (Wildman–Crippen LogP) is 4.86. The minimum absolute atomic E-state index is 0.0717. The van der Waals surface area contributed by atoms with Crippen LogP contribution in [-0.4, -0.2) is 29.5 Å². The zero-order valence-corrected chi connectivity index (χ0v) is 20.3. The zero-order chi connectivity index (χ0) is 23.4. The summed E-state index contributed by atoms with van der Waals surface area (Å²) < 4.78 is 0. The summed E-state index contributed by atoms with van der Waals surface area (Å²) in [5.74, 6) is -0.501. The van der Waals surface area contributed by atoms with Crippen LogP contribution in [0.5, 0.6) is 0 Å². The quantitative estimate of drug-likeness (QED) is 0.406. The van der Waals surface area contributed by atoms with Gasteiger partial charge in [0.25, 0.3) is 11.8 Å². The first-order valence-corrected chi connectivity index (χ1v) is 11.3. The lowest BCUT2D eigenvalue weighted by molar-refractivity contribution is -0.122. The Labute approximate surface area is 195 Å². The Morgan fingerprint density at radius 1 is 1.12 bits per heavy atom. The molecule has 5 nitrogen and oxygen atoms in total. The molecule has 4 rings (SSSR count). The lowest BCUT2D eigenvalue weighted by atomic mass is 9.79. The number of hydrogen-bond acceptors (Lipinski definition) is 4. The topological polar surface area (TPSA) is 52.7 Å². The number of anilines is 2. The summed E-state index contributed by atoms with van der Waals surface area (Å²) in [5.41, 5.74) is 6.20. The third kappa shape index (κ3) is 3.73. The summed E-state index contributed by atoms with van der Waals surface area (Å²) in [6, 6.07) is 11.8. The smallest absolute Gasteiger partial charge is 0.270 e. The van der Waals surface area contributed by atoms with Gasteiger partial charge in [0.1, 0.15) is 5.57 Å². The molecule has 32 heavy (non-hydrogen) atoms. The maximum absolute atomic E-state index is 13.3. The molecule has 166 valence electrons. The minimum Gasteiger partial charge on any atom is -0.369 e. The molecule has 0 radical (unpaired) electrons. The van der Waals surface area contributed by atoms with Crippen molar-refractivity contribution in [3.63, 3.8) is 0 Å². The number of rotatable bonds is 2. The summed E-state index contributed by atoms with van der Waals surface area (Å²) in [5, 5.41) is 2.77. The van der Waals surface area contributed by atoms with Crippen molar-refractivity contribution in [2.45, 2.75) is 52.5 Å². The molecule has 2 aliphatic heterocycles. The van der Waals surface area contributed by atoms with Crippen LogP contribution in [0.25, 0.3) is 6.08 Å². The molecule has 0 aliphatic carbocycles. The highest BCUT2D eigenvalue weighted by Gasteiger charge is 2.36. The van der Waals surface area contributed by atoms with Crippen LogP contribution in [0, 0.1) is 13.8 Å². The average molecular weight is 448 g/mol. The number of benzene rings is 2. The van der Waals surface area contributed by atoms with Gasteiger partial charge in [0.15, 0.2) is 5.11 Å². The molecule has 1 unspecified atom stereocenters. The van der Waals surface area contributed by atoms with E-state index >= 15 is 0 Å². The second-order valence-corrected chi connectivity index (χ2v) is 9.92. The third-order valence-corrected chi connectivity index (χ3v) is 7.00. The monoisotopic (exact) mass is 447 g/mol. The van der Waals surface area contributed by atoms with Crippen LogP contribution < -0.4 is 15.1 Å². The Hall–Kier alpha value is -2.99. The number of hydrogen-bond donors (Lipinski definition) is 1. The third-order valence-electron chi connectivity index (χ3n) is 6.72. The lowest BCUT2D eigenvalue weighted by Crippen LogP contribution is -2.54. The number of thiocarbonyl (C=S) groups is 1. The Morgan fingerprint density at radius 2 is 1.78 bits per heavy atom. The van der Waals surface area contributed by atoms with Gasteiger partial charge in [-0.2, -0.15) is 0 Å². The van der Waals surface area contributed by atoms with Crippen molar-refractivity contribution in [1.82, 2.24) is 5.32 Å². The summed E-state index contributed by atoms with van der Waals surface area (Å²) in [6.07, 6.45) is 2.73. The van der Waals surface area contributed by atoms with E-state index in [1.54, 1.807) is 6.08 Å². The van der Waals surface area contributed by atoms with Crippen LogP contribution in [0.2, 0.25) is 0 Å². The number of amides is 2. The van der Waals surface area contributed by atoms with E-state index in [1.807, 2.05) is 38.1 Å². The fourth-order valence-corrected chi connectivity index (χ4v) is 4.91. The Bertz CT molecular complexity index is 1160. The van der Waals surface area contributed by atoms with Crippen molar-refractivity contribution in [2.75, 3.05) is 16.8 Å².